The Balaban J connectivity index is 2.25. The van der Waals surface area contributed by atoms with Crippen molar-refractivity contribution in [1.29, 1.82) is 5.26 Å². The SMILES string of the molecule is COCC(C)OCCCC(=O)Nc1cccc(C#N)c1. The van der Waals surface area contributed by atoms with E-state index in [-0.39, 0.29) is 12.0 Å². The molecule has 5 nitrogen and oxygen atoms in total. The highest BCUT2D eigenvalue weighted by Crippen LogP contribution is 2.10. The average molecular weight is 276 g/mol. The summed E-state index contributed by atoms with van der Waals surface area (Å²) in [5.74, 6) is -0.0805. The van der Waals surface area contributed by atoms with Gasteiger partial charge in [-0.2, -0.15) is 5.26 Å². The topological polar surface area (TPSA) is 71.3 Å². The molecule has 0 spiro atoms. The third-order valence-electron chi connectivity index (χ3n) is 2.63. The van der Waals surface area contributed by atoms with Crippen molar-refractivity contribution in [3.8, 4) is 6.07 Å². The number of methoxy groups -OCH3 is 1. The molecule has 0 heterocycles. The number of anilines is 1. The molecule has 1 atom stereocenters. The molecule has 1 rings (SSSR count). The van der Waals surface area contributed by atoms with E-state index in [9.17, 15) is 4.79 Å². The summed E-state index contributed by atoms with van der Waals surface area (Å²) in [5, 5.41) is 11.5. The number of ether oxygens (including phenoxy) is 2. The van der Waals surface area contributed by atoms with Crippen molar-refractivity contribution in [2.45, 2.75) is 25.9 Å². The van der Waals surface area contributed by atoms with Crippen LogP contribution in [-0.2, 0) is 14.3 Å². The largest absolute Gasteiger partial charge is 0.382 e. The van der Waals surface area contributed by atoms with Gasteiger partial charge < -0.3 is 14.8 Å². The lowest BCUT2D eigenvalue weighted by Crippen LogP contribution is -2.17. The minimum Gasteiger partial charge on any atom is -0.382 e. The molecular formula is C15H20N2O3. The first-order valence-electron chi connectivity index (χ1n) is 6.56. The third-order valence-corrected chi connectivity index (χ3v) is 2.63. The molecule has 0 radical (unpaired) electrons. The molecule has 0 aromatic heterocycles. The minimum atomic E-state index is -0.0805. The summed E-state index contributed by atoms with van der Waals surface area (Å²) < 4.78 is 10.4. The molecule has 0 aliphatic heterocycles. The highest BCUT2D eigenvalue weighted by atomic mass is 16.5. The number of amides is 1. The van der Waals surface area contributed by atoms with Crippen molar-refractivity contribution in [3.05, 3.63) is 29.8 Å². The number of carbonyl (C=O) groups excluding carboxylic acids is 1. The smallest absolute Gasteiger partial charge is 0.224 e. The lowest BCUT2D eigenvalue weighted by molar-refractivity contribution is -0.116. The average Bonchev–Trinajstić information content (AvgIpc) is 2.44. The van der Waals surface area contributed by atoms with Crippen LogP contribution in [0.5, 0.6) is 0 Å². The molecule has 108 valence electrons. The van der Waals surface area contributed by atoms with Gasteiger partial charge in [-0.25, -0.2) is 0 Å². The molecule has 5 heteroatoms. The Morgan fingerprint density at radius 2 is 2.30 bits per heavy atom. The van der Waals surface area contributed by atoms with E-state index in [0.717, 1.165) is 0 Å². The van der Waals surface area contributed by atoms with Gasteiger partial charge in [0, 0.05) is 25.8 Å². The van der Waals surface area contributed by atoms with Crippen LogP contribution in [0.1, 0.15) is 25.3 Å². The molecule has 0 fully saturated rings. The van der Waals surface area contributed by atoms with E-state index < -0.39 is 0 Å². The van der Waals surface area contributed by atoms with Crippen molar-refractivity contribution in [2.75, 3.05) is 25.6 Å². The second-order valence-corrected chi connectivity index (χ2v) is 4.48. The Bertz CT molecular complexity index is 468. The Morgan fingerprint density at radius 1 is 1.50 bits per heavy atom. The van der Waals surface area contributed by atoms with Gasteiger partial charge in [-0.15, -0.1) is 0 Å². The van der Waals surface area contributed by atoms with Crippen LogP contribution in [-0.4, -0.2) is 32.3 Å². The van der Waals surface area contributed by atoms with Crippen LogP contribution in [0.4, 0.5) is 5.69 Å². The normalized spacial score (nSPS) is 11.7. The van der Waals surface area contributed by atoms with Crippen molar-refractivity contribution < 1.29 is 14.3 Å². The van der Waals surface area contributed by atoms with Crippen molar-refractivity contribution in [2.24, 2.45) is 0 Å². The quantitative estimate of drug-likeness (QED) is 0.740. The maximum Gasteiger partial charge on any atom is 0.224 e. The molecule has 1 amide bonds. The highest BCUT2D eigenvalue weighted by Gasteiger charge is 2.05. The number of benzene rings is 1. The molecule has 0 saturated carbocycles. The van der Waals surface area contributed by atoms with Crippen LogP contribution in [0.25, 0.3) is 0 Å². The second-order valence-electron chi connectivity index (χ2n) is 4.48. The lowest BCUT2D eigenvalue weighted by Gasteiger charge is -2.11. The van der Waals surface area contributed by atoms with Crippen LogP contribution < -0.4 is 5.32 Å². The fraction of sp³-hybridized carbons (Fsp3) is 0.467. The predicted octanol–water partition coefficient (Wildman–Crippen LogP) is 2.33. The van der Waals surface area contributed by atoms with Gasteiger partial charge >= 0.3 is 0 Å². The van der Waals surface area contributed by atoms with Crippen LogP contribution in [0.15, 0.2) is 24.3 Å². The molecule has 0 aliphatic rings. The number of rotatable bonds is 8. The summed E-state index contributed by atoms with van der Waals surface area (Å²) in [7, 11) is 1.63. The van der Waals surface area contributed by atoms with E-state index in [1.54, 1.807) is 31.4 Å². The number of nitriles is 1. The van der Waals surface area contributed by atoms with Crippen LogP contribution in [0.2, 0.25) is 0 Å². The van der Waals surface area contributed by atoms with Crippen molar-refractivity contribution >= 4 is 11.6 Å². The number of nitrogens with one attached hydrogen (secondary N) is 1. The maximum absolute atomic E-state index is 11.7. The summed E-state index contributed by atoms with van der Waals surface area (Å²) >= 11 is 0. The van der Waals surface area contributed by atoms with E-state index in [1.165, 1.54) is 0 Å². The van der Waals surface area contributed by atoms with E-state index in [4.69, 9.17) is 14.7 Å². The van der Waals surface area contributed by atoms with Gasteiger partial charge in [0.1, 0.15) is 0 Å². The number of hydrogen-bond acceptors (Lipinski definition) is 4. The van der Waals surface area contributed by atoms with Gasteiger partial charge in [0.15, 0.2) is 0 Å². The van der Waals surface area contributed by atoms with Gasteiger partial charge in [-0.1, -0.05) is 6.07 Å². The van der Waals surface area contributed by atoms with E-state index in [0.29, 0.717) is 37.3 Å². The van der Waals surface area contributed by atoms with E-state index in [2.05, 4.69) is 5.32 Å². The zero-order chi connectivity index (χ0) is 14.8. The summed E-state index contributed by atoms with van der Waals surface area (Å²) in [5.41, 5.74) is 1.17. The molecular weight excluding hydrogens is 256 g/mol. The molecule has 1 unspecified atom stereocenters. The van der Waals surface area contributed by atoms with E-state index in [1.807, 2.05) is 13.0 Å². The minimum absolute atomic E-state index is 0.0374. The maximum atomic E-state index is 11.7. The monoisotopic (exact) mass is 276 g/mol. The second kappa shape index (κ2) is 9.08. The summed E-state index contributed by atoms with van der Waals surface area (Å²) in [6, 6.07) is 8.88. The van der Waals surface area contributed by atoms with Crippen LogP contribution >= 0.6 is 0 Å². The molecule has 0 saturated heterocycles. The molecule has 0 aliphatic carbocycles. The first kappa shape index (κ1) is 16.2. The van der Waals surface area contributed by atoms with Gasteiger partial charge in [0.2, 0.25) is 5.91 Å². The predicted molar refractivity (Wildman–Crippen MR) is 76.3 cm³/mol. The molecule has 0 bridgehead atoms. The fourth-order valence-corrected chi connectivity index (χ4v) is 1.69. The van der Waals surface area contributed by atoms with Gasteiger partial charge in [-0.3, -0.25) is 4.79 Å². The number of carbonyl (C=O) groups is 1. The van der Waals surface area contributed by atoms with E-state index >= 15 is 0 Å². The molecule has 1 N–H and O–H groups in total. The zero-order valence-electron chi connectivity index (χ0n) is 11.9. The fourth-order valence-electron chi connectivity index (χ4n) is 1.69. The third kappa shape index (κ3) is 6.32. The van der Waals surface area contributed by atoms with Crippen molar-refractivity contribution in [3.63, 3.8) is 0 Å². The Labute approximate surface area is 119 Å². The Hall–Kier alpha value is -1.90. The molecule has 1 aromatic rings. The molecule has 1 aromatic carbocycles. The Kier molecular flexibility index (Phi) is 7.33. The van der Waals surface area contributed by atoms with Gasteiger partial charge in [0.05, 0.1) is 24.3 Å². The first-order valence-corrected chi connectivity index (χ1v) is 6.56. The van der Waals surface area contributed by atoms with Gasteiger partial charge in [-0.05, 0) is 31.5 Å². The van der Waals surface area contributed by atoms with Crippen molar-refractivity contribution in [1.82, 2.24) is 0 Å². The summed E-state index contributed by atoms with van der Waals surface area (Å²) in [6.07, 6.45) is 1.07. The zero-order valence-corrected chi connectivity index (χ0v) is 11.9. The summed E-state index contributed by atoms with van der Waals surface area (Å²) in [4.78, 5) is 11.7. The van der Waals surface area contributed by atoms with Crippen LogP contribution in [0, 0.1) is 11.3 Å². The standard InChI is InChI=1S/C15H20N2O3/c1-12(11-19-2)20-8-4-7-15(18)17-14-6-3-5-13(9-14)10-16/h3,5-6,9,12H,4,7-8,11H2,1-2H3,(H,17,18). The first-order chi connectivity index (χ1) is 9.65. The van der Waals surface area contributed by atoms with Crippen LogP contribution in [0.3, 0.4) is 0 Å². The number of nitrogens with zero attached hydrogens (tertiary/aromatic N) is 1. The number of hydrogen-bond donors (Lipinski definition) is 1. The lowest BCUT2D eigenvalue weighted by atomic mass is 10.2. The van der Waals surface area contributed by atoms with Gasteiger partial charge in [0.25, 0.3) is 0 Å². The Morgan fingerprint density at radius 3 is 3.00 bits per heavy atom. The molecule has 20 heavy (non-hydrogen) atoms. The summed E-state index contributed by atoms with van der Waals surface area (Å²) in [6.45, 7) is 3.00. The highest BCUT2D eigenvalue weighted by molar-refractivity contribution is 5.90.